The number of hydrogen-bond donors (Lipinski definition) is 2. The molecule has 0 heterocycles. The largest absolute Gasteiger partial charge is 0.494 e. The Kier molecular flexibility index (Phi) is 5.64. The van der Waals surface area contributed by atoms with Crippen LogP contribution in [0, 0.1) is 0 Å². The molecule has 4 heteroatoms. The fourth-order valence-corrected chi connectivity index (χ4v) is 1.81. The molecule has 0 fully saturated rings. The number of benzene rings is 2. The zero-order chi connectivity index (χ0) is 14.9. The van der Waals surface area contributed by atoms with Crippen molar-refractivity contribution < 1.29 is 9.53 Å². The van der Waals surface area contributed by atoms with Crippen LogP contribution >= 0.6 is 0 Å². The maximum Gasteiger partial charge on any atom is 0.319 e. The van der Waals surface area contributed by atoms with E-state index in [9.17, 15) is 4.79 Å². The van der Waals surface area contributed by atoms with Gasteiger partial charge in [0.2, 0.25) is 0 Å². The molecule has 2 amide bonds. The molecule has 0 saturated carbocycles. The van der Waals surface area contributed by atoms with Gasteiger partial charge in [-0.25, -0.2) is 4.79 Å². The molecule has 0 atom stereocenters. The van der Waals surface area contributed by atoms with Crippen LogP contribution in [0.1, 0.15) is 18.9 Å². The molecule has 2 N–H and O–H groups in total. The van der Waals surface area contributed by atoms with E-state index in [1.807, 2.05) is 54.6 Å². The molecule has 2 aromatic rings. The average Bonchev–Trinajstić information content (AvgIpc) is 2.53. The lowest BCUT2D eigenvalue weighted by atomic mass is 10.2. The number of hydrogen-bond acceptors (Lipinski definition) is 2. The molecule has 0 aromatic heterocycles. The van der Waals surface area contributed by atoms with Crippen LogP contribution in [0.2, 0.25) is 0 Å². The second-order valence-corrected chi connectivity index (χ2v) is 4.67. The van der Waals surface area contributed by atoms with Gasteiger partial charge in [-0.05, 0) is 36.2 Å². The minimum Gasteiger partial charge on any atom is -0.494 e. The second-order valence-electron chi connectivity index (χ2n) is 4.67. The minimum absolute atomic E-state index is 0.221. The highest BCUT2D eigenvalue weighted by atomic mass is 16.5. The third kappa shape index (κ3) is 5.18. The molecule has 0 bridgehead atoms. The van der Waals surface area contributed by atoms with Crippen LogP contribution in [0.5, 0.6) is 5.75 Å². The van der Waals surface area contributed by atoms with Crippen LogP contribution in [0.25, 0.3) is 0 Å². The Morgan fingerprint density at radius 1 is 1.05 bits per heavy atom. The Hall–Kier alpha value is -2.49. The molecular weight excluding hydrogens is 264 g/mol. The van der Waals surface area contributed by atoms with Crippen LogP contribution in [0.4, 0.5) is 10.5 Å². The molecule has 0 unspecified atom stereocenters. The first kappa shape index (κ1) is 14.9. The van der Waals surface area contributed by atoms with Crippen molar-refractivity contribution >= 4 is 11.7 Å². The molecule has 21 heavy (non-hydrogen) atoms. The van der Waals surface area contributed by atoms with Crippen LogP contribution in [-0.2, 0) is 6.54 Å². The van der Waals surface area contributed by atoms with Gasteiger partial charge in [-0.15, -0.1) is 0 Å². The highest BCUT2D eigenvalue weighted by Crippen LogP contribution is 2.15. The second kappa shape index (κ2) is 7.94. The summed E-state index contributed by atoms with van der Waals surface area (Å²) in [5, 5.41) is 5.60. The number of urea groups is 1. The lowest BCUT2D eigenvalue weighted by molar-refractivity contribution is 0.251. The van der Waals surface area contributed by atoms with Gasteiger partial charge in [-0.1, -0.05) is 37.3 Å². The van der Waals surface area contributed by atoms with Gasteiger partial charge < -0.3 is 15.4 Å². The van der Waals surface area contributed by atoms with Crippen molar-refractivity contribution in [2.75, 3.05) is 11.9 Å². The van der Waals surface area contributed by atoms with Crippen LogP contribution in [0.15, 0.2) is 54.6 Å². The summed E-state index contributed by atoms with van der Waals surface area (Å²) in [5.74, 6) is 0.812. The van der Waals surface area contributed by atoms with Crippen LogP contribution in [-0.4, -0.2) is 12.6 Å². The molecule has 0 aliphatic heterocycles. The van der Waals surface area contributed by atoms with Crippen molar-refractivity contribution in [2.45, 2.75) is 19.9 Å². The van der Waals surface area contributed by atoms with Crippen LogP contribution in [0.3, 0.4) is 0 Å². The normalized spacial score (nSPS) is 9.95. The van der Waals surface area contributed by atoms with E-state index in [2.05, 4.69) is 17.6 Å². The topological polar surface area (TPSA) is 50.4 Å². The van der Waals surface area contributed by atoms with E-state index in [1.165, 1.54) is 0 Å². The summed E-state index contributed by atoms with van der Waals surface area (Å²) in [5.41, 5.74) is 1.81. The number of anilines is 1. The first-order valence-electron chi connectivity index (χ1n) is 7.09. The number of carbonyl (C=O) groups is 1. The predicted molar refractivity (Wildman–Crippen MR) is 84.5 cm³/mol. The van der Waals surface area contributed by atoms with Crippen molar-refractivity contribution in [3.63, 3.8) is 0 Å². The summed E-state index contributed by atoms with van der Waals surface area (Å²) in [6, 6.07) is 16.9. The molecule has 0 saturated heterocycles. The number of ether oxygens (including phenoxy) is 1. The SMILES string of the molecule is CCCOc1ccc(NC(=O)NCc2ccccc2)cc1. The van der Waals surface area contributed by atoms with Crippen molar-refractivity contribution in [1.29, 1.82) is 0 Å². The lowest BCUT2D eigenvalue weighted by Gasteiger charge is -2.09. The fourth-order valence-electron chi connectivity index (χ4n) is 1.81. The Bertz CT molecular complexity index is 553. The number of nitrogens with one attached hydrogen (secondary N) is 2. The number of rotatable bonds is 6. The van der Waals surface area contributed by atoms with Gasteiger partial charge in [-0.3, -0.25) is 0 Å². The molecule has 4 nitrogen and oxygen atoms in total. The quantitative estimate of drug-likeness (QED) is 0.847. The van der Waals surface area contributed by atoms with Crippen molar-refractivity contribution in [3.05, 3.63) is 60.2 Å². The Labute approximate surface area is 125 Å². The summed E-state index contributed by atoms with van der Waals surface area (Å²) in [7, 11) is 0. The Morgan fingerprint density at radius 2 is 1.76 bits per heavy atom. The maximum absolute atomic E-state index is 11.8. The van der Waals surface area contributed by atoms with Gasteiger partial charge in [0.05, 0.1) is 6.61 Å². The summed E-state index contributed by atoms with van der Waals surface area (Å²) in [4.78, 5) is 11.8. The van der Waals surface area contributed by atoms with Crippen molar-refractivity contribution in [3.8, 4) is 5.75 Å². The summed E-state index contributed by atoms with van der Waals surface area (Å²) in [6.45, 7) is 3.27. The van der Waals surface area contributed by atoms with Gasteiger partial charge in [0.15, 0.2) is 0 Å². The Morgan fingerprint density at radius 3 is 2.43 bits per heavy atom. The molecule has 0 aliphatic rings. The third-order valence-corrected chi connectivity index (χ3v) is 2.88. The van der Waals surface area contributed by atoms with Gasteiger partial charge in [0.1, 0.15) is 5.75 Å². The number of amides is 2. The van der Waals surface area contributed by atoms with Crippen molar-refractivity contribution in [1.82, 2.24) is 5.32 Å². The van der Waals surface area contributed by atoms with E-state index >= 15 is 0 Å². The summed E-state index contributed by atoms with van der Waals surface area (Å²) >= 11 is 0. The summed E-state index contributed by atoms with van der Waals surface area (Å²) in [6.07, 6.45) is 0.974. The van der Waals surface area contributed by atoms with E-state index < -0.39 is 0 Å². The van der Waals surface area contributed by atoms with E-state index in [-0.39, 0.29) is 6.03 Å². The highest BCUT2D eigenvalue weighted by molar-refractivity contribution is 5.89. The van der Waals surface area contributed by atoms with E-state index in [1.54, 1.807) is 0 Å². The maximum atomic E-state index is 11.8. The Balaban J connectivity index is 1.79. The fraction of sp³-hybridized carbons (Fsp3) is 0.235. The monoisotopic (exact) mass is 284 g/mol. The standard InChI is InChI=1S/C17H20N2O2/c1-2-12-21-16-10-8-15(9-11-16)19-17(20)18-13-14-6-4-3-5-7-14/h3-11H,2,12-13H2,1H3,(H2,18,19,20). The smallest absolute Gasteiger partial charge is 0.319 e. The minimum atomic E-state index is -0.221. The molecule has 0 radical (unpaired) electrons. The van der Waals surface area contributed by atoms with E-state index in [4.69, 9.17) is 4.74 Å². The third-order valence-electron chi connectivity index (χ3n) is 2.88. The molecule has 0 aliphatic carbocycles. The average molecular weight is 284 g/mol. The molecule has 2 aromatic carbocycles. The summed E-state index contributed by atoms with van der Waals surface area (Å²) < 4.78 is 5.49. The molecule has 2 rings (SSSR count). The van der Waals surface area contributed by atoms with Gasteiger partial charge >= 0.3 is 6.03 Å². The molecule has 0 spiro atoms. The van der Waals surface area contributed by atoms with Gasteiger partial charge in [-0.2, -0.15) is 0 Å². The van der Waals surface area contributed by atoms with E-state index in [0.717, 1.165) is 23.4 Å². The predicted octanol–water partition coefficient (Wildman–Crippen LogP) is 3.80. The zero-order valence-corrected chi connectivity index (χ0v) is 12.1. The first-order valence-corrected chi connectivity index (χ1v) is 7.09. The molecule has 110 valence electrons. The van der Waals surface area contributed by atoms with Gasteiger partial charge in [0, 0.05) is 12.2 Å². The zero-order valence-electron chi connectivity index (χ0n) is 12.1. The van der Waals surface area contributed by atoms with Crippen LogP contribution < -0.4 is 15.4 Å². The first-order chi connectivity index (χ1) is 10.3. The lowest BCUT2D eigenvalue weighted by Crippen LogP contribution is -2.28. The number of carbonyl (C=O) groups excluding carboxylic acids is 1. The van der Waals surface area contributed by atoms with E-state index in [0.29, 0.717) is 13.2 Å². The van der Waals surface area contributed by atoms with Gasteiger partial charge in [0.25, 0.3) is 0 Å². The van der Waals surface area contributed by atoms with Crippen molar-refractivity contribution in [2.24, 2.45) is 0 Å². The molecular formula is C17H20N2O2. The highest BCUT2D eigenvalue weighted by Gasteiger charge is 2.02.